The molecule has 1 aromatic carbocycles. The minimum atomic E-state index is -0.824. The molecule has 5 heterocycles. The molecule has 3 aromatic heterocycles. The zero-order chi connectivity index (χ0) is 21.3. The Hall–Kier alpha value is -2.72. The second kappa shape index (κ2) is 6.64. The number of hydrogen-bond acceptors (Lipinski definition) is 6. The minimum Gasteiger partial charge on any atom is -0.465 e. The van der Waals surface area contributed by atoms with Gasteiger partial charge in [-0.2, -0.15) is 5.10 Å². The molecule has 1 amide bonds. The average molecular weight is 458 g/mol. The number of amides is 1. The second-order valence-corrected chi connectivity index (χ2v) is 10.4. The number of carboxylic acid groups (broad SMARTS) is 1. The Bertz CT molecular complexity index is 1300. The molecule has 0 saturated carbocycles. The van der Waals surface area contributed by atoms with E-state index in [2.05, 4.69) is 16.1 Å². The van der Waals surface area contributed by atoms with E-state index in [9.17, 15) is 14.3 Å². The molecule has 0 atom stereocenters. The summed E-state index contributed by atoms with van der Waals surface area (Å²) in [6, 6.07) is 5.64. The molecule has 160 valence electrons. The Morgan fingerprint density at radius 3 is 2.61 bits per heavy atom. The first-order valence-corrected chi connectivity index (χ1v) is 11.8. The van der Waals surface area contributed by atoms with Gasteiger partial charge in [0.2, 0.25) is 0 Å². The standard InChI is InChI=1S/C21H20FN5O2S2/c1-25-11-13-8-12(9-14(22)17(13)24-25)18-23-19-15(30-18)10-16(31-19)27-7-4-21(27)2-5-26(6-3-21)20(28)29/h8-11H,2-7H2,1H3,(H,28,29). The van der Waals surface area contributed by atoms with Gasteiger partial charge in [0.25, 0.3) is 0 Å². The van der Waals surface area contributed by atoms with Crippen molar-refractivity contribution in [2.45, 2.75) is 24.8 Å². The van der Waals surface area contributed by atoms with Crippen LogP contribution in [0.2, 0.25) is 0 Å². The summed E-state index contributed by atoms with van der Waals surface area (Å²) in [5, 5.41) is 16.2. The third-order valence-corrected chi connectivity index (χ3v) is 8.84. The van der Waals surface area contributed by atoms with E-state index < -0.39 is 6.09 Å². The topological polar surface area (TPSA) is 74.5 Å². The number of carbonyl (C=O) groups is 1. The summed E-state index contributed by atoms with van der Waals surface area (Å²) in [4.78, 5) is 20.9. The fraction of sp³-hybridized carbons (Fsp3) is 0.381. The number of nitrogens with zero attached hydrogens (tertiary/aromatic N) is 5. The number of hydrogen-bond donors (Lipinski definition) is 1. The number of rotatable bonds is 2. The van der Waals surface area contributed by atoms with Gasteiger partial charge in [0.05, 0.1) is 9.70 Å². The van der Waals surface area contributed by atoms with E-state index in [1.165, 1.54) is 16.0 Å². The number of aromatic nitrogens is 3. The summed E-state index contributed by atoms with van der Waals surface area (Å²) in [5.41, 5.74) is 1.23. The van der Waals surface area contributed by atoms with E-state index in [1.54, 1.807) is 34.4 Å². The Kier molecular flexibility index (Phi) is 4.07. The van der Waals surface area contributed by atoms with Gasteiger partial charge >= 0.3 is 6.09 Å². The molecule has 2 aliphatic rings. The monoisotopic (exact) mass is 457 g/mol. The van der Waals surface area contributed by atoms with Gasteiger partial charge in [-0.15, -0.1) is 11.3 Å². The van der Waals surface area contributed by atoms with E-state index in [0.29, 0.717) is 18.6 Å². The fourth-order valence-corrected chi connectivity index (χ4v) is 7.17. The average Bonchev–Trinajstić information content (AvgIpc) is 3.39. The molecule has 31 heavy (non-hydrogen) atoms. The van der Waals surface area contributed by atoms with Gasteiger partial charge in [0.1, 0.15) is 15.4 Å². The molecule has 1 spiro atoms. The maximum absolute atomic E-state index is 14.5. The number of anilines is 1. The smallest absolute Gasteiger partial charge is 0.407 e. The predicted molar refractivity (Wildman–Crippen MR) is 121 cm³/mol. The van der Waals surface area contributed by atoms with Crippen molar-refractivity contribution in [3.05, 3.63) is 30.2 Å². The van der Waals surface area contributed by atoms with Crippen LogP contribution in [0.1, 0.15) is 19.3 Å². The van der Waals surface area contributed by atoms with Gasteiger partial charge in [0.15, 0.2) is 5.82 Å². The molecule has 2 aliphatic heterocycles. The van der Waals surface area contributed by atoms with Crippen LogP contribution in [0.4, 0.5) is 14.2 Å². The van der Waals surface area contributed by atoms with Crippen LogP contribution in [0, 0.1) is 5.82 Å². The zero-order valence-corrected chi connectivity index (χ0v) is 18.5. The lowest BCUT2D eigenvalue weighted by molar-refractivity contribution is 0.0981. The highest BCUT2D eigenvalue weighted by atomic mass is 32.1. The van der Waals surface area contributed by atoms with Crippen molar-refractivity contribution in [2.75, 3.05) is 24.5 Å². The van der Waals surface area contributed by atoms with Crippen molar-refractivity contribution >= 4 is 54.2 Å². The Labute approximate surface area is 185 Å². The third kappa shape index (κ3) is 2.92. The van der Waals surface area contributed by atoms with Gasteiger partial charge in [-0.25, -0.2) is 14.2 Å². The molecule has 7 nitrogen and oxygen atoms in total. The molecule has 0 unspecified atom stereocenters. The Balaban J connectivity index is 1.28. The van der Waals surface area contributed by atoms with Crippen molar-refractivity contribution in [3.63, 3.8) is 0 Å². The quantitative estimate of drug-likeness (QED) is 0.469. The number of likely N-dealkylation sites (tertiary alicyclic amines) is 1. The van der Waals surface area contributed by atoms with Crippen molar-refractivity contribution in [3.8, 4) is 10.6 Å². The van der Waals surface area contributed by atoms with Crippen LogP contribution in [-0.2, 0) is 7.05 Å². The predicted octanol–water partition coefficient (Wildman–Crippen LogP) is 4.77. The SMILES string of the molecule is Cn1cc2cc(-c3nc4sc(N5CCC56CCN(C(=O)O)CC6)cc4s3)cc(F)c2n1. The largest absolute Gasteiger partial charge is 0.465 e. The third-order valence-electron chi connectivity index (χ3n) is 6.60. The van der Waals surface area contributed by atoms with Crippen LogP contribution in [0.5, 0.6) is 0 Å². The van der Waals surface area contributed by atoms with Crippen LogP contribution in [0.3, 0.4) is 0 Å². The zero-order valence-electron chi connectivity index (χ0n) is 16.8. The number of thiazole rings is 1. The van der Waals surface area contributed by atoms with Crippen LogP contribution in [0.15, 0.2) is 24.4 Å². The van der Waals surface area contributed by atoms with Crippen molar-refractivity contribution in [2.24, 2.45) is 7.05 Å². The summed E-state index contributed by atoms with van der Waals surface area (Å²) in [5.74, 6) is -0.331. The summed E-state index contributed by atoms with van der Waals surface area (Å²) in [6.07, 6.45) is 3.83. The lowest BCUT2D eigenvalue weighted by atomic mass is 9.76. The molecule has 4 aromatic rings. The summed E-state index contributed by atoms with van der Waals surface area (Å²) >= 11 is 3.25. The number of piperidine rings is 1. The van der Waals surface area contributed by atoms with E-state index in [-0.39, 0.29) is 11.4 Å². The first kappa shape index (κ1) is 19.0. The van der Waals surface area contributed by atoms with Crippen molar-refractivity contribution in [1.82, 2.24) is 19.7 Å². The Morgan fingerprint density at radius 2 is 1.94 bits per heavy atom. The van der Waals surface area contributed by atoms with E-state index in [4.69, 9.17) is 4.98 Å². The highest BCUT2D eigenvalue weighted by Gasteiger charge is 2.47. The second-order valence-electron chi connectivity index (χ2n) is 8.37. The first-order valence-electron chi connectivity index (χ1n) is 10.2. The van der Waals surface area contributed by atoms with Gasteiger partial charge in [-0.3, -0.25) is 4.68 Å². The minimum absolute atomic E-state index is 0.0796. The first-order chi connectivity index (χ1) is 14.9. The van der Waals surface area contributed by atoms with Gasteiger partial charge < -0.3 is 14.9 Å². The maximum atomic E-state index is 14.5. The van der Waals surface area contributed by atoms with Crippen LogP contribution in [-0.4, -0.2) is 56.0 Å². The van der Waals surface area contributed by atoms with Gasteiger partial charge in [0, 0.05) is 49.4 Å². The molecule has 1 N–H and O–H groups in total. The highest BCUT2D eigenvalue weighted by Crippen LogP contribution is 2.48. The summed E-state index contributed by atoms with van der Waals surface area (Å²) in [6.45, 7) is 2.18. The normalized spacial score (nSPS) is 18.3. The molecule has 6 rings (SSSR count). The summed E-state index contributed by atoms with van der Waals surface area (Å²) < 4.78 is 17.2. The number of aryl methyl sites for hydroxylation is 1. The number of thiophene rings is 1. The van der Waals surface area contributed by atoms with Gasteiger partial charge in [-0.1, -0.05) is 11.3 Å². The number of halogens is 1. The van der Waals surface area contributed by atoms with Crippen molar-refractivity contribution < 1.29 is 14.3 Å². The lowest BCUT2D eigenvalue weighted by Crippen LogP contribution is -2.64. The molecule has 0 aliphatic carbocycles. The lowest BCUT2D eigenvalue weighted by Gasteiger charge is -2.56. The van der Waals surface area contributed by atoms with Crippen LogP contribution < -0.4 is 4.90 Å². The molecule has 10 heteroatoms. The molecular weight excluding hydrogens is 437 g/mol. The molecule has 0 bridgehead atoms. The molecular formula is C21H20FN5O2S2. The molecule has 2 fully saturated rings. The highest BCUT2D eigenvalue weighted by molar-refractivity contribution is 7.30. The van der Waals surface area contributed by atoms with E-state index in [0.717, 1.165) is 51.3 Å². The molecule has 0 radical (unpaired) electrons. The number of benzene rings is 1. The molecule has 2 saturated heterocycles. The van der Waals surface area contributed by atoms with E-state index in [1.807, 2.05) is 12.3 Å². The summed E-state index contributed by atoms with van der Waals surface area (Å²) in [7, 11) is 1.79. The van der Waals surface area contributed by atoms with Crippen LogP contribution in [0.25, 0.3) is 31.0 Å². The van der Waals surface area contributed by atoms with Crippen LogP contribution >= 0.6 is 22.7 Å². The fourth-order valence-electron chi connectivity index (χ4n) is 4.83. The maximum Gasteiger partial charge on any atom is 0.407 e. The van der Waals surface area contributed by atoms with E-state index >= 15 is 0 Å². The number of fused-ring (bicyclic) bond motifs is 2. The van der Waals surface area contributed by atoms with Gasteiger partial charge in [-0.05, 0) is 37.5 Å². The van der Waals surface area contributed by atoms with Crippen molar-refractivity contribution in [1.29, 1.82) is 0 Å². The Morgan fingerprint density at radius 1 is 1.16 bits per heavy atom.